The lowest BCUT2D eigenvalue weighted by atomic mass is 9.84. The first-order valence-corrected chi connectivity index (χ1v) is 9.38. The van der Waals surface area contributed by atoms with E-state index in [1.165, 1.54) is 13.5 Å². The molecule has 0 saturated heterocycles. The average molecular weight is 373 g/mol. The highest BCUT2D eigenvalue weighted by Crippen LogP contribution is 2.28. The molecule has 0 radical (unpaired) electrons. The Balaban J connectivity index is 2.58. The molecule has 0 aromatic carbocycles. The summed E-state index contributed by atoms with van der Waals surface area (Å²) in [6, 6.07) is 0. The normalized spacial score (nSPS) is 17.0. The maximum Gasteiger partial charge on any atom is 0.334 e. The summed E-state index contributed by atoms with van der Waals surface area (Å²) in [5.74, 6) is 0.223. The first kappa shape index (κ1) is 19.4. The van der Waals surface area contributed by atoms with Gasteiger partial charge in [0.05, 0.1) is 7.11 Å². The predicted octanol–water partition coefficient (Wildman–Crippen LogP) is 5.32. The molecule has 1 rings (SSSR count). The molecule has 1 fully saturated rings. The van der Waals surface area contributed by atoms with Crippen LogP contribution in [0.2, 0.25) is 0 Å². The van der Waals surface area contributed by atoms with Crippen LogP contribution < -0.4 is 0 Å². The van der Waals surface area contributed by atoms with Gasteiger partial charge in [0.15, 0.2) is 0 Å². The number of carbonyl (C=O) groups excluding carboxylic acids is 2. The van der Waals surface area contributed by atoms with Crippen molar-refractivity contribution in [3.63, 3.8) is 0 Å². The van der Waals surface area contributed by atoms with Crippen LogP contribution in [0, 0.1) is 5.92 Å². The van der Waals surface area contributed by atoms with Crippen molar-refractivity contribution in [1.29, 1.82) is 0 Å². The van der Waals surface area contributed by atoms with E-state index in [1.807, 2.05) is 0 Å². The first-order chi connectivity index (χ1) is 10.6. The van der Waals surface area contributed by atoms with E-state index in [9.17, 15) is 9.59 Å². The van der Waals surface area contributed by atoms with E-state index in [1.54, 1.807) is 0 Å². The number of hydrogen-bond acceptors (Lipinski definition) is 3. The lowest BCUT2D eigenvalue weighted by Gasteiger charge is -2.20. The number of Topliss-reactive ketones (excluding diaryl/α,β-unsaturated/α-hetero) is 1. The Kier molecular flexibility index (Phi) is 9.69. The highest BCUT2D eigenvalue weighted by Gasteiger charge is 2.23. The molecule has 0 bridgehead atoms. The maximum absolute atomic E-state index is 12.3. The fourth-order valence-corrected chi connectivity index (χ4v) is 3.67. The average Bonchev–Trinajstić information content (AvgIpc) is 2.55. The van der Waals surface area contributed by atoms with Gasteiger partial charge < -0.3 is 4.74 Å². The van der Waals surface area contributed by atoms with Gasteiger partial charge in [0, 0.05) is 22.4 Å². The number of ether oxygens (including phenoxy) is 1. The molecule has 0 aliphatic heterocycles. The van der Waals surface area contributed by atoms with Crippen LogP contribution in [0.15, 0.2) is 10.1 Å². The van der Waals surface area contributed by atoms with Gasteiger partial charge in [0.1, 0.15) is 5.78 Å². The molecule has 0 aromatic heterocycles. The summed E-state index contributed by atoms with van der Waals surface area (Å²) in [6.07, 6.45) is 10.8. The molecule has 0 spiro atoms. The van der Waals surface area contributed by atoms with E-state index >= 15 is 0 Å². The van der Waals surface area contributed by atoms with Crippen molar-refractivity contribution in [2.45, 2.75) is 77.6 Å². The van der Waals surface area contributed by atoms with Gasteiger partial charge in [-0.1, -0.05) is 55.0 Å². The van der Waals surface area contributed by atoms with Crippen molar-refractivity contribution in [2.24, 2.45) is 5.92 Å². The number of halogens is 1. The summed E-state index contributed by atoms with van der Waals surface area (Å²) < 4.78 is 5.79. The van der Waals surface area contributed by atoms with Gasteiger partial charge in [0.2, 0.25) is 0 Å². The van der Waals surface area contributed by atoms with Crippen LogP contribution in [0.4, 0.5) is 0 Å². The number of methoxy groups -OCH3 is 1. The lowest BCUT2D eigenvalue weighted by molar-refractivity contribution is -0.136. The Morgan fingerprint density at radius 2 is 1.73 bits per heavy atom. The van der Waals surface area contributed by atoms with Crippen LogP contribution in [0.1, 0.15) is 77.6 Å². The SMILES string of the molecule is CCCCC/C(Br)=C(\CCC(=O)C1CCCCC1)C(=O)OC. The van der Waals surface area contributed by atoms with Crippen LogP contribution in [-0.2, 0) is 14.3 Å². The van der Waals surface area contributed by atoms with Crippen molar-refractivity contribution < 1.29 is 14.3 Å². The van der Waals surface area contributed by atoms with Crippen molar-refractivity contribution in [1.82, 2.24) is 0 Å². The zero-order valence-electron chi connectivity index (χ0n) is 14.0. The quantitative estimate of drug-likeness (QED) is 0.312. The molecule has 126 valence electrons. The van der Waals surface area contributed by atoms with E-state index in [0.717, 1.165) is 55.8 Å². The molecular weight excluding hydrogens is 344 g/mol. The first-order valence-electron chi connectivity index (χ1n) is 8.58. The molecule has 0 N–H and O–H groups in total. The van der Waals surface area contributed by atoms with Crippen LogP contribution in [0.5, 0.6) is 0 Å². The van der Waals surface area contributed by atoms with E-state index in [4.69, 9.17) is 4.74 Å². The predicted molar refractivity (Wildman–Crippen MR) is 92.9 cm³/mol. The molecule has 4 heteroatoms. The zero-order valence-corrected chi connectivity index (χ0v) is 15.5. The second-order valence-electron chi connectivity index (χ2n) is 6.13. The minimum atomic E-state index is -0.306. The van der Waals surface area contributed by atoms with E-state index < -0.39 is 0 Å². The van der Waals surface area contributed by atoms with E-state index in [2.05, 4.69) is 22.9 Å². The van der Waals surface area contributed by atoms with Crippen molar-refractivity contribution >= 4 is 27.7 Å². The number of unbranched alkanes of at least 4 members (excludes halogenated alkanes) is 2. The van der Waals surface area contributed by atoms with Gasteiger partial charge in [-0.25, -0.2) is 4.79 Å². The van der Waals surface area contributed by atoms with Gasteiger partial charge in [-0.05, 0) is 32.1 Å². The molecule has 22 heavy (non-hydrogen) atoms. The van der Waals surface area contributed by atoms with Crippen LogP contribution in [0.3, 0.4) is 0 Å². The van der Waals surface area contributed by atoms with E-state index in [-0.39, 0.29) is 11.9 Å². The van der Waals surface area contributed by atoms with Gasteiger partial charge in [-0.3, -0.25) is 4.79 Å². The van der Waals surface area contributed by atoms with Gasteiger partial charge in [-0.15, -0.1) is 0 Å². The van der Waals surface area contributed by atoms with Gasteiger partial charge in [0.25, 0.3) is 0 Å². The highest BCUT2D eigenvalue weighted by molar-refractivity contribution is 9.11. The third-order valence-electron chi connectivity index (χ3n) is 4.44. The summed E-state index contributed by atoms with van der Waals surface area (Å²) in [5.41, 5.74) is 0.641. The molecule has 0 heterocycles. The molecule has 1 saturated carbocycles. The van der Waals surface area contributed by atoms with E-state index in [0.29, 0.717) is 24.2 Å². The summed E-state index contributed by atoms with van der Waals surface area (Å²) in [7, 11) is 1.40. The maximum atomic E-state index is 12.3. The molecule has 3 nitrogen and oxygen atoms in total. The van der Waals surface area contributed by atoms with Gasteiger partial charge in [-0.2, -0.15) is 0 Å². The van der Waals surface area contributed by atoms with Crippen LogP contribution in [-0.4, -0.2) is 18.9 Å². The number of ketones is 1. The fraction of sp³-hybridized carbons (Fsp3) is 0.778. The molecule has 0 atom stereocenters. The number of hydrogen-bond donors (Lipinski definition) is 0. The Labute approximate surface area is 143 Å². The largest absolute Gasteiger partial charge is 0.466 e. The number of allylic oxidation sites excluding steroid dienone is 1. The summed E-state index contributed by atoms with van der Waals surface area (Å²) in [6.45, 7) is 2.15. The third-order valence-corrected chi connectivity index (χ3v) is 5.32. The third kappa shape index (κ3) is 6.64. The second-order valence-corrected chi connectivity index (χ2v) is 7.09. The van der Waals surface area contributed by atoms with Crippen molar-refractivity contribution in [3.05, 3.63) is 10.1 Å². The Bertz CT molecular complexity index is 395. The van der Waals surface area contributed by atoms with Gasteiger partial charge >= 0.3 is 5.97 Å². The Hall–Kier alpha value is -0.640. The fourth-order valence-electron chi connectivity index (χ4n) is 3.03. The number of carbonyl (C=O) groups is 2. The summed E-state index contributed by atoms with van der Waals surface area (Å²) in [5, 5.41) is 0. The smallest absolute Gasteiger partial charge is 0.334 e. The van der Waals surface area contributed by atoms with Crippen molar-refractivity contribution in [2.75, 3.05) is 7.11 Å². The van der Waals surface area contributed by atoms with Crippen LogP contribution in [0.25, 0.3) is 0 Å². The lowest BCUT2D eigenvalue weighted by Crippen LogP contribution is -2.18. The summed E-state index contributed by atoms with van der Waals surface area (Å²) >= 11 is 3.53. The minimum Gasteiger partial charge on any atom is -0.466 e. The molecular formula is C18H29BrO3. The van der Waals surface area contributed by atoms with Crippen molar-refractivity contribution in [3.8, 4) is 0 Å². The zero-order chi connectivity index (χ0) is 16.4. The standard InChI is InChI=1S/C18H29BrO3/c1-3-4-6-11-16(19)15(18(21)22-2)12-13-17(20)14-9-7-5-8-10-14/h14H,3-13H2,1-2H3/b16-15-. The Morgan fingerprint density at radius 1 is 1.05 bits per heavy atom. The topological polar surface area (TPSA) is 43.4 Å². The molecule has 0 aromatic rings. The number of rotatable bonds is 9. The molecule has 0 amide bonds. The Morgan fingerprint density at radius 3 is 2.32 bits per heavy atom. The monoisotopic (exact) mass is 372 g/mol. The molecule has 1 aliphatic rings. The molecule has 1 aliphatic carbocycles. The second kappa shape index (κ2) is 11.0. The molecule has 0 unspecified atom stereocenters. The number of esters is 1. The van der Waals surface area contributed by atoms with Crippen LogP contribution >= 0.6 is 15.9 Å². The highest BCUT2D eigenvalue weighted by atomic mass is 79.9. The minimum absolute atomic E-state index is 0.214. The summed E-state index contributed by atoms with van der Waals surface area (Å²) in [4.78, 5) is 24.3.